The fourth-order valence-electron chi connectivity index (χ4n) is 1.96. The number of nitrogens with one attached hydrogen (secondary N) is 1. The van der Waals surface area contributed by atoms with E-state index in [-0.39, 0.29) is 17.6 Å². The van der Waals surface area contributed by atoms with Crippen LogP contribution in [0.15, 0.2) is 0 Å². The van der Waals surface area contributed by atoms with E-state index >= 15 is 0 Å². The number of amides is 1. The minimum Gasteiger partial charge on any atom is -0.378 e. The van der Waals surface area contributed by atoms with Gasteiger partial charge in [-0.2, -0.15) is 0 Å². The molecule has 1 aliphatic carbocycles. The van der Waals surface area contributed by atoms with Crippen molar-refractivity contribution in [2.75, 3.05) is 13.7 Å². The second kappa shape index (κ2) is 5.47. The molecule has 1 fully saturated rings. The number of ether oxygens (including phenoxy) is 1. The third-order valence-electron chi connectivity index (χ3n) is 3.19. The Morgan fingerprint density at radius 1 is 1.60 bits per heavy atom. The SMILES string of the molecule is COC1(CC(=O)NC(C)CCN)CCC1. The Hall–Kier alpha value is -0.610. The number of rotatable bonds is 6. The second-order valence-corrected chi connectivity index (χ2v) is 4.46. The van der Waals surface area contributed by atoms with Crippen molar-refractivity contribution in [2.45, 2.75) is 50.7 Å². The standard InChI is InChI=1S/C11H22N2O2/c1-9(4-7-12)13-10(14)8-11(15-2)5-3-6-11/h9H,3-8,12H2,1-2H3,(H,13,14). The number of methoxy groups -OCH3 is 1. The Balaban J connectivity index is 2.28. The third kappa shape index (κ3) is 3.47. The number of carbonyl (C=O) groups excluding carboxylic acids is 1. The van der Waals surface area contributed by atoms with Crippen molar-refractivity contribution in [3.8, 4) is 0 Å². The normalized spacial score (nSPS) is 20.5. The van der Waals surface area contributed by atoms with Crippen molar-refractivity contribution in [1.29, 1.82) is 0 Å². The average Bonchev–Trinajstić information content (AvgIpc) is 2.11. The summed E-state index contributed by atoms with van der Waals surface area (Å²) in [6, 6.07) is 0.163. The first-order valence-electron chi connectivity index (χ1n) is 5.66. The zero-order valence-corrected chi connectivity index (χ0v) is 9.71. The molecular weight excluding hydrogens is 192 g/mol. The maximum absolute atomic E-state index is 11.7. The monoisotopic (exact) mass is 214 g/mol. The Morgan fingerprint density at radius 3 is 2.67 bits per heavy atom. The average molecular weight is 214 g/mol. The van der Waals surface area contributed by atoms with Crippen LogP contribution in [0, 0.1) is 0 Å². The summed E-state index contributed by atoms with van der Waals surface area (Å²) in [7, 11) is 1.69. The van der Waals surface area contributed by atoms with E-state index < -0.39 is 0 Å². The lowest BCUT2D eigenvalue weighted by Crippen LogP contribution is -2.45. The van der Waals surface area contributed by atoms with Gasteiger partial charge in [0, 0.05) is 13.2 Å². The molecule has 3 N–H and O–H groups in total. The summed E-state index contributed by atoms with van der Waals surface area (Å²) in [5.74, 6) is 0.0810. The Morgan fingerprint density at radius 2 is 2.27 bits per heavy atom. The molecule has 0 bridgehead atoms. The second-order valence-electron chi connectivity index (χ2n) is 4.46. The predicted octanol–water partition coefficient (Wildman–Crippen LogP) is 0.799. The van der Waals surface area contributed by atoms with E-state index in [1.165, 1.54) is 6.42 Å². The molecule has 1 atom stereocenters. The molecular formula is C11H22N2O2. The van der Waals surface area contributed by atoms with Crippen molar-refractivity contribution >= 4 is 5.91 Å². The van der Waals surface area contributed by atoms with Gasteiger partial charge in [-0.3, -0.25) is 4.79 Å². The molecule has 1 rings (SSSR count). The summed E-state index contributed by atoms with van der Waals surface area (Å²) in [6.45, 7) is 2.59. The zero-order valence-electron chi connectivity index (χ0n) is 9.71. The minimum absolute atomic E-state index is 0.0810. The van der Waals surface area contributed by atoms with Gasteiger partial charge in [0.1, 0.15) is 0 Å². The lowest BCUT2D eigenvalue weighted by Gasteiger charge is -2.40. The van der Waals surface area contributed by atoms with Crippen LogP contribution in [-0.2, 0) is 9.53 Å². The molecule has 0 aliphatic heterocycles. The summed E-state index contributed by atoms with van der Waals surface area (Å²) in [5, 5.41) is 2.94. The van der Waals surface area contributed by atoms with Gasteiger partial charge in [0.2, 0.25) is 5.91 Å². The van der Waals surface area contributed by atoms with Crippen molar-refractivity contribution in [1.82, 2.24) is 5.32 Å². The Bertz CT molecular complexity index is 209. The van der Waals surface area contributed by atoms with Gasteiger partial charge in [0.15, 0.2) is 0 Å². The van der Waals surface area contributed by atoms with Crippen LogP contribution >= 0.6 is 0 Å². The molecule has 88 valence electrons. The Kier molecular flexibility index (Phi) is 4.54. The van der Waals surface area contributed by atoms with E-state index in [0.717, 1.165) is 19.3 Å². The molecule has 0 aromatic carbocycles. The maximum Gasteiger partial charge on any atom is 0.223 e. The highest BCUT2D eigenvalue weighted by Crippen LogP contribution is 2.37. The summed E-state index contributed by atoms with van der Waals surface area (Å²) in [5.41, 5.74) is 5.25. The minimum atomic E-state index is -0.174. The molecule has 0 spiro atoms. The van der Waals surface area contributed by atoms with Gasteiger partial charge in [-0.05, 0) is 39.2 Å². The van der Waals surface area contributed by atoms with Crippen LogP contribution in [0.3, 0.4) is 0 Å². The van der Waals surface area contributed by atoms with E-state index in [0.29, 0.717) is 13.0 Å². The van der Waals surface area contributed by atoms with Crippen LogP contribution < -0.4 is 11.1 Å². The predicted molar refractivity (Wildman–Crippen MR) is 59.5 cm³/mol. The molecule has 1 aliphatic rings. The first-order chi connectivity index (χ1) is 7.12. The number of carbonyl (C=O) groups is 1. The molecule has 0 aromatic heterocycles. The highest BCUT2D eigenvalue weighted by molar-refractivity contribution is 5.77. The topological polar surface area (TPSA) is 64.3 Å². The summed E-state index contributed by atoms with van der Waals surface area (Å²) < 4.78 is 5.40. The fourth-order valence-corrected chi connectivity index (χ4v) is 1.96. The van der Waals surface area contributed by atoms with E-state index in [1.807, 2.05) is 6.92 Å². The largest absolute Gasteiger partial charge is 0.378 e. The number of nitrogens with two attached hydrogens (primary N) is 1. The van der Waals surface area contributed by atoms with Crippen LogP contribution in [0.1, 0.15) is 39.0 Å². The molecule has 0 heterocycles. The van der Waals surface area contributed by atoms with E-state index in [2.05, 4.69) is 5.32 Å². The number of hydrogen-bond acceptors (Lipinski definition) is 3. The molecule has 0 aromatic rings. The summed E-state index contributed by atoms with van der Waals surface area (Å²) >= 11 is 0. The van der Waals surface area contributed by atoms with Gasteiger partial charge in [0.25, 0.3) is 0 Å². The van der Waals surface area contributed by atoms with Crippen LogP contribution in [0.5, 0.6) is 0 Å². The molecule has 0 saturated heterocycles. The van der Waals surface area contributed by atoms with Crippen molar-refractivity contribution in [3.63, 3.8) is 0 Å². The highest BCUT2D eigenvalue weighted by atomic mass is 16.5. The molecule has 1 unspecified atom stereocenters. The Labute approximate surface area is 91.5 Å². The van der Waals surface area contributed by atoms with Gasteiger partial charge in [-0.15, -0.1) is 0 Å². The van der Waals surface area contributed by atoms with Crippen molar-refractivity contribution in [2.24, 2.45) is 5.73 Å². The van der Waals surface area contributed by atoms with E-state index in [4.69, 9.17) is 10.5 Å². The maximum atomic E-state index is 11.7. The van der Waals surface area contributed by atoms with E-state index in [1.54, 1.807) is 7.11 Å². The molecule has 1 amide bonds. The number of hydrogen-bond donors (Lipinski definition) is 2. The van der Waals surface area contributed by atoms with Gasteiger partial charge in [-0.25, -0.2) is 0 Å². The molecule has 4 nitrogen and oxygen atoms in total. The third-order valence-corrected chi connectivity index (χ3v) is 3.19. The molecule has 1 saturated carbocycles. The smallest absolute Gasteiger partial charge is 0.223 e. The lowest BCUT2D eigenvalue weighted by molar-refractivity contribution is -0.134. The molecule has 4 heteroatoms. The zero-order chi connectivity index (χ0) is 11.3. The fraction of sp³-hybridized carbons (Fsp3) is 0.909. The first kappa shape index (κ1) is 12.5. The lowest BCUT2D eigenvalue weighted by atomic mass is 9.77. The quantitative estimate of drug-likeness (QED) is 0.687. The summed E-state index contributed by atoms with van der Waals surface area (Å²) in [4.78, 5) is 11.7. The van der Waals surface area contributed by atoms with Gasteiger partial charge < -0.3 is 15.8 Å². The summed E-state index contributed by atoms with van der Waals surface area (Å²) in [6.07, 6.45) is 4.48. The van der Waals surface area contributed by atoms with Crippen molar-refractivity contribution < 1.29 is 9.53 Å². The molecule has 0 radical (unpaired) electrons. The van der Waals surface area contributed by atoms with Gasteiger partial charge in [-0.1, -0.05) is 0 Å². The van der Waals surface area contributed by atoms with Crippen LogP contribution in [0.2, 0.25) is 0 Å². The van der Waals surface area contributed by atoms with Crippen LogP contribution in [-0.4, -0.2) is 31.2 Å². The van der Waals surface area contributed by atoms with Gasteiger partial charge >= 0.3 is 0 Å². The van der Waals surface area contributed by atoms with Crippen LogP contribution in [0.25, 0.3) is 0 Å². The van der Waals surface area contributed by atoms with Crippen LogP contribution in [0.4, 0.5) is 0 Å². The molecule has 15 heavy (non-hydrogen) atoms. The first-order valence-corrected chi connectivity index (χ1v) is 5.66. The van der Waals surface area contributed by atoms with Gasteiger partial charge in [0.05, 0.1) is 12.0 Å². The van der Waals surface area contributed by atoms with Crippen molar-refractivity contribution in [3.05, 3.63) is 0 Å². The van der Waals surface area contributed by atoms with E-state index in [9.17, 15) is 4.79 Å². The highest BCUT2D eigenvalue weighted by Gasteiger charge is 2.39.